The fourth-order valence-corrected chi connectivity index (χ4v) is 1.05. The summed E-state index contributed by atoms with van der Waals surface area (Å²) in [6.45, 7) is 4.74. The Hall–Kier alpha value is -1.10. The molecule has 1 rings (SSSR count). The van der Waals surface area contributed by atoms with Crippen LogP contribution in [0.15, 0.2) is 6.07 Å². The van der Waals surface area contributed by atoms with Crippen LogP contribution in [0.25, 0.3) is 0 Å². The van der Waals surface area contributed by atoms with Gasteiger partial charge >= 0.3 is 0 Å². The van der Waals surface area contributed by atoms with Crippen LogP contribution < -0.4 is 10.6 Å². The van der Waals surface area contributed by atoms with E-state index in [2.05, 4.69) is 20.8 Å². The van der Waals surface area contributed by atoms with Gasteiger partial charge in [0.05, 0.1) is 0 Å². The largest absolute Gasteiger partial charge is 0.363 e. The Morgan fingerprint density at radius 3 is 3.00 bits per heavy atom. The Balaban J connectivity index is 2.46. The Morgan fingerprint density at radius 1 is 1.75 bits per heavy atom. The molecule has 5 heteroatoms. The van der Waals surface area contributed by atoms with E-state index in [0.29, 0.717) is 5.11 Å². The third kappa shape index (κ3) is 2.50. The topological polar surface area (TPSA) is 52.7 Å². The molecule has 0 saturated heterocycles. The minimum Gasteiger partial charge on any atom is -0.363 e. The van der Waals surface area contributed by atoms with Gasteiger partial charge in [-0.1, -0.05) is 0 Å². The summed E-state index contributed by atoms with van der Waals surface area (Å²) in [5, 5.41) is 13.3. The van der Waals surface area contributed by atoms with Gasteiger partial charge in [0.2, 0.25) is 0 Å². The number of aromatic amines is 1. The van der Waals surface area contributed by atoms with Crippen molar-refractivity contribution in [2.24, 2.45) is 0 Å². The first kappa shape index (κ1) is 8.99. The van der Waals surface area contributed by atoms with Crippen molar-refractivity contribution in [3.63, 3.8) is 0 Å². The lowest BCUT2D eigenvalue weighted by atomic mass is 10.5. The van der Waals surface area contributed by atoms with Crippen molar-refractivity contribution in [1.29, 1.82) is 0 Å². The number of nitrogens with one attached hydrogen (secondary N) is 3. The predicted molar refractivity (Wildman–Crippen MR) is 53.2 cm³/mol. The van der Waals surface area contributed by atoms with Crippen LogP contribution in [0.5, 0.6) is 0 Å². The van der Waals surface area contributed by atoms with Crippen molar-refractivity contribution in [1.82, 2.24) is 15.5 Å². The van der Waals surface area contributed by atoms with Gasteiger partial charge in [0.25, 0.3) is 0 Å². The average molecular weight is 184 g/mol. The molecular formula is C7H12N4S. The summed E-state index contributed by atoms with van der Waals surface area (Å²) < 4.78 is 0. The zero-order valence-corrected chi connectivity index (χ0v) is 7.96. The molecule has 0 fully saturated rings. The first-order chi connectivity index (χ1) is 5.72. The highest BCUT2D eigenvalue weighted by Crippen LogP contribution is 2.02. The molecule has 0 spiro atoms. The molecule has 0 aliphatic carbocycles. The molecule has 1 aromatic heterocycles. The van der Waals surface area contributed by atoms with Crippen LogP contribution in [0.1, 0.15) is 12.6 Å². The van der Waals surface area contributed by atoms with Crippen LogP contribution in [-0.4, -0.2) is 21.9 Å². The maximum Gasteiger partial charge on any atom is 0.171 e. The molecule has 0 radical (unpaired) electrons. The van der Waals surface area contributed by atoms with Crippen LogP contribution >= 0.6 is 12.2 Å². The molecule has 0 amide bonds. The first-order valence-electron chi connectivity index (χ1n) is 3.79. The van der Waals surface area contributed by atoms with Crippen molar-refractivity contribution < 1.29 is 0 Å². The highest BCUT2D eigenvalue weighted by atomic mass is 32.1. The van der Waals surface area contributed by atoms with E-state index < -0.39 is 0 Å². The van der Waals surface area contributed by atoms with Crippen molar-refractivity contribution in [3.8, 4) is 0 Å². The number of anilines is 1. The molecule has 12 heavy (non-hydrogen) atoms. The molecule has 0 atom stereocenters. The molecule has 1 aromatic rings. The van der Waals surface area contributed by atoms with E-state index in [1.807, 2.05) is 19.9 Å². The molecule has 4 nitrogen and oxygen atoms in total. The fraction of sp³-hybridized carbons (Fsp3) is 0.429. The van der Waals surface area contributed by atoms with E-state index in [-0.39, 0.29) is 0 Å². The van der Waals surface area contributed by atoms with Gasteiger partial charge in [0.15, 0.2) is 10.9 Å². The highest BCUT2D eigenvalue weighted by molar-refractivity contribution is 7.80. The van der Waals surface area contributed by atoms with E-state index in [0.717, 1.165) is 18.1 Å². The molecule has 3 N–H and O–H groups in total. The molecule has 0 aliphatic heterocycles. The monoisotopic (exact) mass is 184 g/mol. The van der Waals surface area contributed by atoms with E-state index in [4.69, 9.17) is 12.2 Å². The number of aromatic nitrogens is 2. The summed E-state index contributed by atoms with van der Waals surface area (Å²) in [6, 6.07) is 1.89. The van der Waals surface area contributed by atoms with Crippen LogP contribution in [0, 0.1) is 6.92 Å². The predicted octanol–water partition coefficient (Wildman–Crippen LogP) is 1.02. The molecule has 66 valence electrons. The number of aryl methyl sites for hydroxylation is 1. The van der Waals surface area contributed by atoms with Crippen LogP contribution in [0.2, 0.25) is 0 Å². The quantitative estimate of drug-likeness (QED) is 0.601. The van der Waals surface area contributed by atoms with Gasteiger partial charge in [-0.3, -0.25) is 5.10 Å². The summed E-state index contributed by atoms with van der Waals surface area (Å²) in [4.78, 5) is 0. The maximum absolute atomic E-state index is 4.97. The summed E-state index contributed by atoms with van der Waals surface area (Å²) in [5.74, 6) is 0.749. The summed E-state index contributed by atoms with van der Waals surface area (Å²) in [6.07, 6.45) is 0. The van der Waals surface area contributed by atoms with E-state index >= 15 is 0 Å². The summed E-state index contributed by atoms with van der Waals surface area (Å²) in [7, 11) is 0. The zero-order chi connectivity index (χ0) is 8.97. The number of nitrogens with zero attached hydrogens (tertiary/aromatic N) is 1. The van der Waals surface area contributed by atoms with Gasteiger partial charge in [-0.25, -0.2) is 0 Å². The third-order valence-electron chi connectivity index (χ3n) is 1.28. The fourth-order valence-electron chi connectivity index (χ4n) is 0.803. The molecule has 0 unspecified atom stereocenters. The van der Waals surface area contributed by atoms with Crippen LogP contribution in [0.4, 0.5) is 5.82 Å². The minimum absolute atomic E-state index is 0.601. The SMILES string of the molecule is CCNC(=S)Nc1cc(C)[nH]n1. The Kier molecular flexibility index (Phi) is 3.04. The first-order valence-corrected chi connectivity index (χ1v) is 4.20. The van der Waals surface area contributed by atoms with Crippen LogP contribution in [0.3, 0.4) is 0 Å². The highest BCUT2D eigenvalue weighted by Gasteiger charge is 1.98. The Labute approximate surface area is 76.7 Å². The van der Waals surface area contributed by atoms with E-state index in [9.17, 15) is 0 Å². The average Bonchev–Trinajstić information content (AvgIpc) is 2.36. The Morgan fingerprint density at radius 2 is 2.50 bits per heavy atom. The summed E-state index contributed by atoms with van der Waals surface area (Å²) >= 11 is 4.97. The molecule has 0 bridgehead atoms. The van der Waals surface area contributed by atoms with Crippen LogP contribution in [-0.2, 0) is 0 Å². The lowest BCUT2D eigenvalue weighted by Gasteiger charge is -2.04. The minimum atomic E-state index is 0.601. The zero-order valence-electron chi connectivity index (χ0n) is 7.14. The van der Waals surface area contributed by atoms with Gasteiger partial charge in [-0.15, -0.1) is 0 Å². The van der Waals surface area contributed by atoms with E-state index in [1.165, 1.54) is 0 Å². The summed E-state index contributed by atoms with van der Waals surface area (Å²) in [5.41, 5.74) is 1.01. The standard InChI is InChI=1S/C7H12N4S/c1-3-8-7(12)9-6-4-5(2)10-11-6/h4H,3H2,1-2H3,(H3,8,9,10,11,12). The van der Waals surface area contributed by atoms with Gasteiger partial charge in [-0.05, 0) is 26.1 Å². The smallest absolute Gasteiger partial charge is 0.171 e. The van der Waals surface area contributed by atoms with Gasteiger partial charge < -0.3 is 10.6 Å². The lowest BCUT2D eigenvalue weighted by molar-refractivity contribution is 0.976. The van der Waals surface area contributed by atoms with E-state index in [1.54, 1.807) is 0 Å². The normalized spacial score (nSPS) is 9.50. The van der Waals surface area contributed by atoms with Gasteiger partial charge in [-0.2, -0.15) is 5.10 Å². The maximum atomic E-state index is 4.97. The molecular weight excluding hydrogens is 172 g/mol. The van der Waals surface area contributed by atoms with Gasteiger partial charge in [0, 0.05) is 18.3 Å². The second-order valence-corrected chi connectivity index (χ2v) is 2.83. The number of thiocarbonyl (C=S) groups is 1. The van der Waals surface area contributed by atoms with Crippen molar-refractivity contribution in [2.75, 3.05) is 11.9 Å². The molecule has 0 aromatic carbocycles. The second kappa shape index (κ2) is 4.06. The molecule has 0 aliphatic rings. The second-order valence-electron chi connectivity index (χ2n) is 2.42. The molecule has 1 heterocycles. The lowest BCUT2D eigenvalue weighted by Crippen LogP contribution is -2.27. The third-order valence-corrected chi connectivity index (χ3v) is 1.53. The van der Waals surface area contributed by atoms with Gasteiger partial charge in [0.1, 0.15) is 0 Å². The molecule has 0 saturated carbocycles. The van der Waals surface area contributed by atoms with Crippen molar-refractivity contribution >= 4 is 23.1 Å². The van der Waals surface area contributed by atoms with Crippen molar-refractivity contribution in [2.45, 2.75) is 13.8 Å². The number of H-pyrrole nitrogens is 1. The number of rotatable bonds is 2. The number of hydrogen-bond acceptors (Lipinski definition) is 2. The Bertz CT molecular complexity index is 268. The van der Waals surface area contributed by atoms with Crippen molar-refractivity contribution in [3.05, 3.63) is 11.8 Å². The number of hydrogen-bond donors (Lipinski definition) is 3.